The van der Waals surface area contributed by atoms with Crippen LogP contribution >= 0.6 is 45.2 Å². The van der Waals surface area contributed by atoms with Crippen LogP contribution in [0.4, 0.5) is 0 Å². The first-order chi connectivity index (χ1) is 9.61. The van der Waals surface area contributed by atoms with Gasteiger partial charge in [-0.2, -0.15) is 0 Å². The van der Waals surface area contributed by atoms with E-state index >= 15 is 0 Å². The predicted molar refractivity (Wildman–Crippen MR) is 98.1 cm³/mol. The minimum atomic E-state index is 0.341. The van der Waals surface area contributed by atoms with E-state index in [-0.39, 0.29) is 0 Å². The van der Waals surface area contributed by atoms with Gasteiger partial charge in [0.1, 0.15) is 5.75 Å². The summed E-state index contributed by atoms with van der Waals surface area (Å²) in [5.74, 6) is 0.369. The van der Waals surface area contributed by atoms with E-state index in [2.05, 4.69) is 74.8 Å². The van der Waals surface area contributed by atoms with Crippen LogP contribution in [-0.2, 0) is 12.8 Å². The van der Waals surface area contributed by atoms with Gasteiger partial charge >= 0.3 is 0 Å². The van der Waals surface area contributed by atoms with Crippen molar-refractivity contribution in [3.8, 4) is 5.75 Å². The lowest BCUT2D eigenvalue weighted by Gasteiger charge is -2.27. The molecule has 4 heteroatoms. The van der Waals surface area contributed by atoms with E-state index in [9.17, 15) is 5.11 Å². The molecule has 0 radical (unpaired) electrons. The SMILES string of the molecule is Oc1ccc2c(c1)CCNC2Cc1cc(I)cc(I)c1. The zero-order valence-electron chi connectivity index (χ0n) is 10.9. The van der Waals surface area contributed by atoms with Gasteiger partial charge in [-0.1, -0.05) is 6.07 Å². The second-order valence-electron chi connectivity index (χ2n) is 5.12. The molecule has 2 aromatic carbocycles. The van der Waals surface area contributed by atoms with Gasteiger partial charge in [0.25, 0.3) is 0 Å². The third kappa shape index (κ3) is 3.28. The van der Waals surface area contributed by atoms with E-state index in [0.717, 1.165) is 19.4 Å². The number of nitrogens with one attached hydrogen (secondary N) is 1. The molecule has 0 aliphatic carbocycles. The minimum Gasteiger partial charge on any atom is -0.508 e. The third-order valence-corrected chi connectivity index (χ3v) is 4.89. The Kier molecular flexibility index (Phi) is 4.52. The summed E-state index contributed by atoms with van der Waals surface area (Å²) in [7, 11) is 0. The molecule has 2 N–H and O–H groups in total. The predicted octanol–water partition coefficient (Wildman–Crippen LogP) is 4.03. The first kappa shape index (κ1) is 14.6. The average Bonchev–Trinajstić information content (AvgIpc) is 2.37. The summed E-state index contributed by atoms with van der Waals surface area (Å²) in [6.07, 6.45) is 1.98. The summed E-state index contributed by atoms with van der Waals surface area (Å²) in [5.41, 5.74) is 3.96. The number of halogens is 2. The van der Waals surface area contributed by atoms with Crippen LogP contribution in [0.3, 0.4) is 0 Å². The number of phenolic OH excluding ortho intramolecular Hbond substituents is 1. The highest BCUT2D eigenvalue weighted by Crippen LogP contribution is 2.29. The van der Waals surface area contributed by atoms with Crippen molar-refractivity contribution >= 4 is 45.2 Å². The number of aromatic hydroxyl groups is 1. The Labute approximate surface area is 146 Å². The van der Waals surface area contributed by atoms with Crippen molar-refractivity contribution in [1.82, 2.24) is 5.32 Å². The van der Waals surface area contributed by atoms with Gasteiger partial charge < -0.3 is 10.4 Å². The average molecular weight is 491 g/mol. The van der Waals surface area contributed by atoms with E-state index in [1.807, 2.05) is 6.07 Å². The minimum absolute atomic E-state index is 0.341. The maximum Gasteiger partial charge on any atom is 0.115 e. The van der Waals surface area contributed by atoms with Gasteiger partial charge in [0.05, 0.1) is 0 Å². The number of hydrogen-bond acceptors (Lipinski definition) is 2. The molecule has 1 heterocycles. The van der Waals surface area contributed by atoms with Crippen LogP contribution in [0.25, 0.3) is 0 Å². The molecule has 1 aliphatic rings. The molecule has 1 aliphatic heterocycles. The first-order valence-corrected chi connectivity index (χ1v) is 8.78. The summed E-state index contributed by atoms with van der Waals surface area (Å²) >= 11 is 4.74. The fourth-order valence-electron chi connectivity index (χ4n) is 2.79. The lowest BCUT2D eigenvalue weighted by atomic mass is 9.90. The Balaban J connectivity index is 1.89. The van der Waals surface area contributed by atoms with Gasteiger partial charge in [-0.05, 0) is 112 Å². The maximum absolute atomic E-state index is 9.61. The highest BCUT2D eigenvalue weighted by atomic mass is 127. The summed E-state index contributed by atoms with van der Waals surface area (Å²) in [6, 6.07) is 12.8. The van der Waals surface area contributed by atoms with Crippen LogP contribution < -0.4 is 5.32 Å². The smallest absolute Gasteiger partial charge is 0.115 e. The van der Waals surface area contributed by atoms with Crippen molar-refractivity contribution in [3.05, 3.63) is 60.2 Å². The molecule has 20 heavy (non-hydrogen) atoms. The molecule has 1 atom stereocenters. The van der Waals surface area contributed by atoms with E-state index in [1.54, 1.807) is 6.07 Å². The largest absolute Gasteiger partial charge is 0.508 e. The number of rotatable bonds is 2. The van der Waals surface area contributed by atoms with Crippen molar-refractivity contribution in [3.63, 3.8) is 0 Å². The molecule has 104 valence electrons. The summed E-state index contributed by atoms with van der Waals surface area (Å²) in [6.45, 7) is 0.974. The number of phenols is 1. The maximum atomic E-state index is 9.61. The van der Waals surface area contributed by atoms with Crippen LogP contribution in [0.15, 0.2) is 36.4 Å². The summed E-state index contributed by atoms with van der Waals surface area (Å²) < 4.78 is 2.57. The molecule has 2 aromatic rings. The van der Waals surface area contributed by atoms with Gasteiger partial charge in [0.2, 0.25) is 0 Å². The quantitative estimate of drug-likeness (QED) is 0.623. The van der Waals surface area contributed by atoms with Crippen LogP contribution in [-0.4, -0.2) is 11.7 Å². The summed E-state index contributed by atoms with van der Waals surface area (Å²) in [4.78, 5) is 0. The van der Waals surface area contributed by atoms with Crippen LogP contribution in [0.5, 0.6) is 5.75 Å². The van der Waals surface area contributed by atoms with E-state index in [1.165, 1.54) is 23.8 Å². The second kappa shape index (κ2) is 6.19. The van der Waals surface area contributed by atoms with Crippen LogP contribution in [0, 0.1) is 7.14 Å². The van der Waals surface area contributed by atoms with Crippen LogP contribution in [0.2, 0.25) is 0 Å². The number of benzene rings is 2. The van der Waals surface area contributed by atoms with Crippen molar-refractivity contribution in [2.45, 2.75) is 18.9 Å². The monoisotopic (exact) mass is 491 g/mol. The first-order valence-electron chi connectivity index (χ1n) is 6.62. The van der Waals surface area contributed by atoms with Gasteiger partial charge in [-0.15, -0.1) is 0 Å². The zero-order valence-corrected chi connectivity index (χ0v) is 15.2. The molecule has 0 spiro atoms. The molecule has 0 amide bonds. The Morgan fingerprint density at radius 2 is 1.85 bits per heavy atom. The van der Waals surface area contributed by atoms with E-state index in [4.69, 9.17) is 0 Å². The standard InChI is InChI=1S/C16H15I2NO/c17-12-5-10(6-13(18)9-12)7-16-15-2-1-14(20)8-11(15)3-4-19-16/h1-2,5-6,8-9,16,19-20H,3-4,7H2. The Bertz CT molecular complexity index is 622. The molecule has 0 saturated heterocycles. The highest BCUT2D eigenvalue weighted by molar-refractivity contribution is 14.1. The van der Waals surface area contributed by atoms with Crippen molar-refractivity contribution in [2.75, 3.05) is 6.54 Å². The molecular weight excluding hydrogens is 476 g/mol. The molecule has 0 saturated carbocycles. The molecule has 0 bridgehead atoms. The van der Waals surface area contributed by atoms with Gasteiger partial charge in [0.15, 0.2) is 0 Å². The Morgan fingerprint density at radius 3 is 2.60 bits per heavy atom. The number of fused-ring (bicyclic) bond motifs is 1. The Morgan fingerprint density at radius 1 is 1.10 bits per heavy atom. The van der Waals surface area contributed by atoms with E-state index < -0.39 is 0 Å². The molecule has 0 fully saturated rings. The molecular formula is C16H15I2NO. The zero-order chi connectivity index (χ0) is 14.1. The normalized spacial score (nSPS) is 17.8. The fourth-order valence-corrected chi connectivity index (χ4v) is 4.85. The van der Waals surface area contributed by atoms with Gasteiger partial charge in [-0.3, -0.25) is 0 Å². The fraction of sp³-hybridized carbons (Fsp3) is 0.250. The highest BCUT2D eigenvalue weighted by Gasteiger charge is 2.20. The van der Waals surface area contributed by atoms with E-state index in [0.29, 0.717) is 11.8 Å². The Hall–Kier alpha value is -0.340. The second-order valence-corrected chi connectivity index (χ2v) is 7.61. The molecule has 2 nitrogen and oxygen atoms in total. The molecule has 0 aromatic heterocycles. The van der Waals surface area contributed by atoms with Gasteiger partial charge in [0, 0.05) is 13.2 Å². The van der Waals surface area contributed by atoms with Crippen molar-refractivity contribution in [2.24, 2.45) is 0 Å². The summed E-state index contributed by atoms with van der Waals surface area (Å²) in [5, 5.41) is 13.2. The van der Waals surface area contributed by atoms with Crippen molar-refractivity contribution < 1.29 is 5.11 Å². The van der Waals surface area contributed by atoms with Gasteiger partial charge in [-0.25, -0.2) is 0 Å². The lowest BCUT2D eigenvalue weighted by Crippen LogP contribution is -2.31. The van der Waals surface area contributed by atoms with Crippen LogP contribution in [0.1, 0.15) is 22.7 Å². The lowest BCUT2D eigenvalue weighted by molar-refractivity contribution is 0.466. The number of hydrogen-bond donors (Lipinski definition) is 2. The molecule has 3 rings (SSSR count). The molecule has 1 unspecified atom stereocenters. The van der Waals surface area contributed by atoms with Crippen molar-refractivity contribution in [1.29, 1.82) is 0 Å². The third-order valence-electron chi connectivity index (χ3n) is 3.65. The topological polar surface area (TPSA) is 32.3 Å².